The minimum Gasteiger partial charge on any atom is -0.387 e. The highest BCUT2D eigenvalue weighted by Gasteiger charge is 2.39. The fourth-order valence-corrected chi connectivity index (χ4v) is 3.99. The van der Waals surface area contributed by atoms with E-state index in [2.05, 4.69) is 16.1 Å². The Balaban J connectivity index is 1.43. The first kappa shape index (κ1) is 17.4. The fraction of sp³-hybridized carbons (Fsp3) is 0.778. The lowest BCUT2D eigenvalue weighted by Gasteiger charge is -2.28. The van der Waals surface area contributed by atoms with Crippen molar-refractivity contribution in [2.45, 2.75) is 58.1 Å². The molecule has 1 N–H and O–H groups in total. The molecule has 3 heterocycles. The number of amides is 1. The molecule has 0 aromatic carbocycles. The van der Waals surface area contributed by atoms with Crippen LogP contribution in [0, 0.1) is 13.8 Å². The van der Waals surface area contributed by atoms with Crippen LogP contribution >= 0.6 is 0 Å². The van der Waals surface area contributed by atoms with Gasteiger partial charge in [0.25, 0.3) is 0 Å². The smallest absolute Gasteiger partial charge is 0.222 e. The molecule has 0 bridgehead atoms. The van der Waals surface area contributed by atoms with E-state index in [0.29, 0.717) is 32.5 Å². The second-order valence-electron chi connectivity index (χ2n) is 7.53. The summed E-state index contributed by atoms with van der Waals surface area (Å²) in [5, 5.41) is 15.2. The zero-order valence-electron chi connectivity index (χ0n) is 15.0. The van der Waals surface area contributed by atoms with Gasteiger partial charge in [-0.05, 0) is 58.7 Å². The lowest BCUT2D eigenvalue weighted by Crippen LogP contribution is -2.45. The Kier molecular flexibility index (Phi) is 5.25. The Morgan fingerprint density at radius 3 is 2.71 bits per heavy atom. The van der Waals surface area contributed by atoms with Crippen LogP contribution in [-0.2, 0) is 11.3 Å². The van der Waals surface area contributed by atoms with Crippen LogP contribution in [-0.4, -0.2) is 68.9 Å². The summed E-state index contributed by atoms with van der Waals surface area (Å²) in [6.07, 6.45) is 4.47. The molecule has 0 spiro atoms. The van der Waals surface area contributed by atoms with Crippen molar-refractivity contribution in [3.8, 4) is 0 Å². The molecule has 6 nitrogen and oxygen atoms in total. The molecule has 6 heteroatoms. The second-order valence-corrected chi connectivity index (χ2v) is 7.53. The van der Waals surface area contributed by atoms with Gasteiger partial charge in [0, 0.05) is 31.7 Å². The van der Waals surface area contributed by atoms with Crippen molar-refractivity contribution in [1.29, 1.82) is 0 Å². The third kappa shape index (κ3) is 4.16. The van der Waals surface area contributed by atoms with Crippen LogP contribution in [0.25, 0.3) is 0 Å². The number of carbonyl (C=O) groups is 1. The first-order valence-electron chi connectivity index (χ1n) is 9.19. The molecule has 1 atom stereocenters. The molecular weight excluding hydrogens is 304 g/mol. The summed E-state index contributed by atoms with van der Waals surface area (Å²) in [5.74, 6) is 0.161. The molecule has 134 valence electrons. The number of β-amino-alcohol motifs (C(OH)–C–C–N with tert-alkyl or cyclic N) is 1. The van der Waals surface area contributed by atoms with Crippen molar-refractivity contribution in [2.75, 3.05) is 32.7 Å². The zero-order valence-corrected chi connectivity index (χ0v) is 15.0. The Morgan fingerprint density at radius 1 is 1.29 bits per heavy atom. The van der Waals surface area contributed by atoms with Crippen LogP contribution in [0.2, 0.25) is 0 Å². The van der Waals surface area contributed by atoms with Crippen LogP contribution in [0.1, 0.15) is 43.5 Å². The van der Waals surface area contributed by atoms with Gasteiger partial charge in [-0.25, -0.2) is 0 Å². The maximum absolute atomic E-state index is 12.4. The van der Waals surface area contributed by atoms with Crippen LogP contribution in [0.3, 0.4) is 0 Å². The Hall–Kier alpha value is -1.40. The molecule has 1 aromatic rings. The average molecular weight is 334 g/mol. The van der Waals surface area contributed by atoms with E-state index in [9.17, 15) is 9.90 Å². The number of nitrogens with zero attached hydrogens (tertiary/aromatic N) is 4. The monoisotopic (exact) mass is 334 g/mol. The fourth-order valence-electron chi connectivity index (χ4n) is 3.99. The number of likely N-dealkylation sites (tertiary alicyclic amines) is 2. The molecule has 2 aliphatic rings. The van der Waals surface area contributed by atoms with Crippen molar-refractivity contribution in [2.24, 2.45) is 0 Å². The predicted octanol–water partition coefficient (Wildman–Crippen LogP) is 1.34. The second kappa shape index (κ2) is 7.23. The van der Waals surface area contributed by atoms with Crippen molar-refractivity contribution in [3.63, 3.8) is 0 Å². The molecule has 2 saturated heterocycles. The van der Waals surface area contributed by atoms with Gasteiger partial charge in [-0.3, -0.25) is 9.48 Å². The summed E-state index contributed by atoms with van der Waals surface area (Å²) < 4.78 is 1.97. The summed E-state index contributed by atoms with van der Waals surface area (Å²) >= 11 is 0. The van der Waals surface area contributed by atoms with Gasteiger partial charge in [0.1, 0.15) is 0 Å². The largest absolute Gasteiger partial charge is 0.387 e. The normalized spacial score (nSPS) is 24.9. The minimum absolute atomic E-state index is 0.161. The first-order chi connectivity index (χ1) is 11.5. The van der Waals surface area contributed by atoms with Gasteiger partial charge in [0.05, 0.1) is 17.8 Å². The number of rotatable bonds is 6. The van der Waals surface area contributed by atoms with Crippen LogP contribution in [0.15, 0.2) is 6.07 Å². The highest BCUT2D eigenvalue weighted by atomic mass is 16.3. The van der Waals surface area contributed by atoms with E-state index in [1.165, 1.54) is 12.8 Å². The summed E-state index contributed by atoms with van der Waals surface area (Å²) in [6.45, 7) is 8.85. The van der Waals surface area contributed by atoms with E-state index in [1.54, 1.807) is 0 Å². The lowest BCUT2D eigenvalue weighted by atomic mass is 10.0. The van der Waals surface area contributed by atoms with Gasteiger partial charge in [0.2, 0.25) is 5.91 Å². The quantitative estimate of drug-likeness (QED) is 0.853. The number of aliphatic hydroxyl groups is 1. The highest BCUT2D eigenvalue weighted by molar-refractivity contribution is 5.76. The van der Waals surface area contributed by atoms with E-state index in [0.717, 1.165) is 37.4 Å². The van der Waals surface area contributed by atoms with Crippen LogP contribution in [0.5, 0.6) is 0 Å². The Morgan fingerprint density at radius 2 is 2.04 bits per heavy atom. The molecule has 24 heavy (non-hydrogen) atoms. The number of aryl methyl sites for hydroxylation is 3. The molecular formula is C18H30N4O2. The third-order valence-electron chi connectivity index (χ3n) is 5.27. The maximum Gasteiger partial charge on any atom is 0.222 e. The Labute approximate surface area is 144 Å². The van der Waals surface area contributed by atoms with E-state index < -0.39 is 5.60 Å². The van der Waals surface area contributed by atoms with E-state index in [1.807, 2.05) is 23.4 Å². The Bertz CT molecular complexity index is 580. The third-order valence-corrected chi connectivity index (χ3v) is 5.27. The standard InChI is InChI=1S/C18H30N4O2/c1-15-12-16(2)22(19-15)10-5-6-17(23)21-11-7-18(24,14-21)13-20-8-3-4-9-20/h12,24H,3-11,13-14H2,1-2H3. The van der Waals surface area contributed by atoms with Gasteiger partial charge in [-0.2, -0.15) is 5.10 Å². The molecule has 3 rings (SSSR count). The first-order valence-corrected chi connectivity index (χ1v) is 9.19. The zero-order chi connectivity index (χ0) is 17.2. The number of aromatic nitrogens is 2. The number of hydrogen-bond acceptors (Lipinski definition) is 4. The summed E-state index contributed by atoms with van der Waals surface area (Å²) in [4.78, 5) is 16.6. The molecule has 0 radical (unpaired) electrons. The van der Waals surface area contributed by atoms with Gasteiger partial charge in [-0.1, -0.05) is 0 Å². The highest BCUT2D eigenvalue weighted by Crippen LogP contribution is 2.25. The summed E-state index contributed by atoms with van der Waals surface area (Å²) in [7, 11) is 0. The molecule has 2 fully saturated rings. The number of carbonyl (C=O) groups excluding carboxylic acids is 1. The van der Waals surface area contributed by atoms with Crippen molar-refractivity contribution in [3.05, 3.63) is 17.5 Å². The van der Waals surface area contributed by atoms with E-state index in [-0.39, 0.29) is 5.91 Å². The van der Waals surface area contributed by atoms with Gasteiger partial charge in [-0.15, -0.1) is 0 Å². The molecule has 1 amide bonds. The van der Waals surface area contributed by atoms with E-state index >= 15 is 0 Å². The molecule has 1 aromatic heterocycles. The summed E-state index contributed by atoms with van der Waals surface area (Å²) in [6, 6.07) is 2.06. The summed E-state index contributed by atoms with van der Waals surface area (Å²) in [5.41, 5.74) is 1.45. The molecule has 0 saturated carbocycles. The van der Waals surface area contributed by atoms with E-state index in [4.69, 9.17) is 0 Å². The van der Waals surface area contributed by atoms with Crippen molar-refractivity contribution in [1.82, 2.24) is 19.6 Å². The predicted molar refractivity (Wildman–Crippen MR) is 92.8 cm³/mol. The SMILES string of the molecule is Cc1cc(C)n(CCCC(=O)N2CCC(O)(CN3CCCC3)C2)n1. The lowest BCUT2D eigenvalue weighted by molar-refractivity contribution is -0.131. The van der Waals surface area contributed by atoms with Gasteiger partial charge in [0.15, 0.2) is 0 Å². The van der Waals surface area contributed by atoms with Crippen LogP contribution in [0.4, 0.5) is 0 Å². The maximum atomic E-state index is 12.4. The van der Waals surface area contributed by atoms with Crippen molar-refractivity contribution < 1.29 is 9.90 Å². The molecule has 0 aliphatic carbocycles. The minimum atomic E-state index is -0.713. The number of hydrogen-bond donors (Lipinski definition) is 1. The molecule has 2 aliphatic heterocycles. The van der Waals surface area contributed by atoms with Gasteiger partial charge >= 0.3 is 0 Å². The molecule has 1 unspecified atom stereocenters. The topological polar surface area (TPSA) is 61.6 Å². The van der Waals surface area contributed by atoms with Gasteiger partial charge < -0.3 is 14.9 Å². The average Bonchev–Trinajstić information content (AvgIpc) is 3.22. The van der Waals surface area contributed by atoms with Crippen LogP contribution < -0.4 is 0 Å². The van der Waals surface area contributed by atoms with Crippen molar-refractivity contribution >= 4 is 5.91 Å².